The van der Waals surface area contributed by atoms with E-state index in [0.29, 0.717) is 0 Å². The summed E-state index contributed by atoms with van der Waals surface area (Å²) >= 11 is 0. The molecule has 0 saturated carbocycles. The lowest BCUT2D eigenvalue weighted by molar-refractivity contribution is -0.322. The average Bonchev–Trinajstić information content (AvgIpc) is 3.10. The quantitative estimate of drug-likeness (QED) is 0.152. The summed E-state index contributed by atoms with van der Waals surface area (Å²) in [5.74, 6) is -9.59. The summed E-state index contributed by atoms with van der Waals surface area (Å²) in [5.41, 5.74) is 0. The number of carbonyl (C=O) groups is 7. The van der Waals surface area contributed by atoms with Crippen molar-refractivity contribution in [3.63, 3.8) is 0 Å². The Morgan fingerprint density at radius 2 is 0.732 bits per heavy atom. The minimum absolute atomic E-state index is 0.358. The Balaban J connectivity index is 2.70. The maximum absolute atomic E-state index is 13.2. The Labute approximate surface area is 329 Å². The highest BCUT2D eigenvalue weighted by Gasteiger charge is 2.56. The maximum Gasteiger partial charge on any atom is 0.310 e. The molecule has 2 heterocycles. The largest absolute Gasteiger partial charge is 0.456 e. The molecular weight excluding hydrogens is 740 g/mol. The van der Waals surface area contributed by atoms with Crippen LogP contribution in [0.4, 0.5) is 0 Å². The predicted octanol–water partition coefficient (Wildman–Crippen LogP) is 3.69. The predicted molar refractivity (Wildman–Crippen MR) is 194 cm³/mol. The van der Waals surface area contributed by atoms with Gasteiger partial charge in [-0.25, -0.2) is 0 Å². The fourth-order valence-corrected chi connectivity index (χ4v) is 4.84. The summed E-state index contributed by atoms with van der Waals surface area (Å²) < 4.78 is 58.7. The van der Waals surface area contributed by atoms with Gasteiger partial charge in [0.25, 0.3) is 0 Å². The van der Waals surface area contributed by atoms with Crippen molar-refractivity contribution < 1.29 is 80.9 Å². The van der Waals surface area contributed by atoms with Crippen molar-refractivity contribution in [2.24, 2.45) is 41.4 Å². The molecule has 0 bridgehead atoms. The van der Waals surface area contributed by atoms with E-state index in [1.165, 1.54) is 0 Å². The lowest BCUT2D eigenvalue weighted by Crippen LogP contribution is -2.64. The highest BCUT2D eigenvalue weighted by molar-refractivity contribution is 5.75. The average molecular weight is 803 g/mol. The Bertz CT molecular complexity index is 1370. The standard InChI is InChI=1S/C39H62O17/c1-17(2)31(40)49-24-15-47-38(29(54-35(44)21(9)10)27(24)52-33(42)19(5)6)48-16-25-26(51-32(41)18(3)4)28(53-34(43)20(7)8)30(55-36(45)22(11)12)39(50-25)56-37(46)23(13)14/h17-30,38-39H,15-16H2,1-14H3/t24-,25+,26+,27-,28-,29+,30+,38-,39?/m0/s1. The lowest BCUT2D eigenvalue weighted by atomic mass is 9.97. The molecule has 0 aromatic heterocycles. The Hall–Kier alpha value is -3.83. The van der Waals surface area contributed by atoms with Crippen LogP contribution in [0.5, 0.6) is 0 Å². The van der Waals surface area contributed by atoms with Crippen molar-refractivity contribution in [2.75, 3.05) is 13.2 Å². The summed E-state index contributed by atoms with van der Waals surface area (Å²) in [4.78, 5) is 91.2. The third-order valence-electron chi connectivity index (χ3n) is 8.46. The van der Waals surface area contributed by atoms with Crippen LogP contribution in [0, 0.1) is 41.4 Å². The third-order valence-corrected chi connectivity index (χ3v) is 8.46. The highest BCUT2D eigenvalue weighted by atomic mass is 16.8. The van der Waals surface area contributed by atoms with Crippen LogP contribution in [0.25, 0.3) is 0 Å². The van der Waals surface area contributed by atoms with Crippen molar-refractivity contribution in [1.29, 1.82) is 0 Å². The molecule has 2 rings (SSSR count). The number of hydrogen-bond acceptors (Lipinski definition) is 17. The van der Waals surface area contributed by atoms with E-state index in [2.05, 4.69) is 0 Å². The van der Waals surface area contributed by atoms with Gasteiger partial charge in [-0.05, 0) is 0 Å². The van der Waals surface area contributed by atoms with E-state index in [1.807, 2.05) is 0 Å². The highest BCUT2D eigenvalue weighted by Crippen LogP contribution is 2.33. The zero-order valence-electron chi connectivity index (χ0n) is 35.1. The Morgan fingerprint density at radius 3 is 1.14 bits per heavy atom. The topological polar surface area (TPSA) is 212 Å². The molecule has 0 N–H and O–H groups in total. The van der Waals surface area contributed by atoms with Crippen LogP contribution in [-0.2, 0) is 80.9 Å². The SMILES string of the molecule is CC(C)C(=O)OC1O[C@H](CO[C@@H]2OC[C@H](OC(=O)C(C)C)[C@H](OC(=O)C(C)C)[C@H]2OC(=O)C(C)C)[C@@H](OC(=O)C(C)C)[C@H](OC(=O)C(C)C)[C@H]1OC(=O)C(C)C. The molecule has 17 nitrogen and oxygen atoms in total. The van der Waals surface area contributed by atoms with Crippen LogP contribution >= 0.6 is 0 Å². The van der Waals surface area contributed by atoms with Gasteiger partial charge < -0.3 is 47.4 Å². The first-order chi connectivity index (χ1) is 26.0. The van der Waals surface area contributed by atoms with E-state index in [9.17, 15) is 33.6 Å². The molecule has 2 saturated heterocycles. The molecule has 320 valence electrons. The summed E-state index contributed by atoms with van der Waals surface area (Å²) in [7, 11) is 0. The van der Waals surface area contributed by atoms with Crippen LogP contribution in [-0.4, -0.2) is 110 Å². The van der Waals surface area contributed by atoms with Crippen LogP contribution in [0.1, 0.15) is 96.9 Å². The number of esters is 7. The van der Waals surface area contributed by atoms with Crippen molar-refractivity contribution >= 4 is 41.8 Å². The molecule has 1 unspecified atom stereocenters. The first kappa shape index (κ1) is 48.3. The first-order valence-electron chi connectivity index (χ1n) is 19.3. The van der Waals surface area contributed by atoms with E-state index in [4.69, 9.17) is 47.4 Å². The summed E-state index contributed by atoms with van der Waals surface area (Å²) in [6.45, 7) is 21.2. The molecule has 0 aromatic rings. The molecular formula is C39H62O17. The van der Waals surface area contributed by atoms with Gasteiger partial charge in [0.15, 0.2) is 36.8 Å². The first-order valence-corrected chi connectivity index (χ1v) is 19.3. The van der Waals surface area contributed by atoms with Gasteiger partial charge in [0, 0.05) is 0 Å². The van der Waals surface area contributed by atoms with Gasteiger partial charge in [0.2, 0.25) is 12.4 Å². The molecule has 0 aliphatic carbocycles. The van der Waals surface area contributed by atoms with E-state index >= 15 is 0 Å². The van der Waals surface area contributed by atoms with E-state index < -0.39 is 145 Å². The van der Waals surface area contributed by atoms with Gasteiger partial charge in [-0.15, -0.1) is 0 Å². The second kappa shape index (κ2) is 21.6. The maximum atomic E-state index is 13.2. The van der Waals surface area contributed by atoms with Gasteiger partial charge in [-0.2, -0.15) is 0 Å². The minimum Gasteiger partial charge on any atom is -0.456 e. The Kier molecular flexibility index (Phi) is 18.7. The number of hydrogen-bond donors (Lipinski definition) is 0. The van der Waals surface area contributed by atoms with Crippen LogP contribution in [0.3, 0.4) is 0 Å². The van der Waals surface area contributed by atoms with E-state index in [1.54, 1.807) is 96.9 Å². The zero-order valence-corrected chi connectivity index (χ0v) is 35.1. The monoisotopic (exact) mass is 802 g/mol. The van der Waals surface area contributed by atoms with Gasteiger partial charge in [0.05, 0.1) is 54.6 Å². The van der Waals surface area contributed by atoms with Crippen LogP contribution in [0.15, 0.2) is 0 Å². The fraction of sp³-hybridized carbons (Fsp3) is 0.821. The molecule has 2 fully saturated rings. The Morgan fingerprint density at radius 1 is 0.411 bits per heavy atom. The van der Waals surface area contributed by atoms with Crippen molar-refractivity contribution in [3.8, 4) is 0 Å². The normalized spacial score (nSPS) is 26.7. The molecule has 17 heteroatoms. The molecule has 0 radical (unpaired) electrons. The van der Waals surface area contributed by atoms with E-state index in [0.717, 1.165) is 0 Å². The second-order valence-electron chi connectivity index (χ2n) is 16.1. The minimum atomic E-state index is -1.69. The number of carbonyl (C=O) groups excluding carboxylic acids is 7. The van der Waals surface area contributed by atoms with Crippen molar-refractivity contribution in [2.45, 2.75) is 152 Å². The van der Waals surface area contributed by atoms with Gasteiger partial charge >= 0.3 is 41.8 Å². The van der Waals surface area contributed by atoms with E-state index in [-0.39, 0.29) is 6.61 Å². The van der Waals surface area contributed by atoms with Crippen LogP contribution in [0.2, 0.25) is 0 Å². The van der Waals surface area contributed by atoms with Gasteiger partial charge in [-0.3, -0.25) is 33.6 Å². The summed E-state index contributed by atoms with van der Waals surface area (Å²) in [5, 5.41) is 0. The van der Waals surface area contributed by atoms with Crippen molar-refractivity contribution in [3.05, 3.63) is 0 Å². The molecule has 0 aromatic carbocycles. The molecule has 0 amide bonds. The lowest BCUT2D eigenvalue weighted by Gasteiger charge is -2.45. The molecule has 9 atom stereocenters. The molecule has 56 heavy (non-hydrogen) atoms. The summed E-state index contributed by atoms with van der Waals surface area (Å²) in [6.07, 6.45) is -13.4. The van der Waals surface area contributed by atoms with Crippen molar-refractivity contribution in [1.82, 2.24) is 0 Å². The number of rotatable bonds is 17. The molecule has 0 spiro atoms. The number of ether oxygens (including phenoxy) is 10. The van der Waals surface area contributed by atoms with Gasteiger partial charge in [-0.1, -0.05) is 96.9 Å². The van der Waals surface area contributed by atoms with Crippen LogP contribution < -0.4 is 0 Å². The fourth-order valence-electron chi connectivity index (χ4n) is 4.84. The third kappa shape index (κ3) is 13.7. The summed E-state index contributed by atoms with van der Waals surface area (Å²) in [6, 6.07) is 0. The molecule has 2 aliphatic heterocycles. The van der Waals surface area contributed by atoms with Gasteiger partial charge in [0.1, 0.15) is 6.10 Å². The molecule has 2 aliphatic rings. The second-order valence-corrected chi connectivity index (χ2v) is 16.1. The zero-order chi connectivity index (χ0) is 42.8. The smallest absolute Gasteiger partial charge is 0.310 e.